The van der Waals surface area contributed by atoms with Crippen LogP contribution >= 0.6 is 0 Å². The summed E-state index contributed by atoms with van der Waals surface area (Å²) in [5.74, 6) is 0.720. The Morgan fingerprint density at radius 3 is 2.82 bits per heavy atom. The molecular formula is C8H13NO2. The molecule has 0 aromatic carbocycles. The van der Waals surface area contributed by atoms with E-state index in [1.54, 1.807) is 0 Å². The molecule has 2 fully saturated rings. The quantitative estimate of drug-likeness (QED) is 0.548. The van der Waals surface area contributed by atoms with Crippen LogP contribution in [0.5, 0.6) is 0 Å². The van der Waals surface area contributed by atoms with Crippen LogP contribution in [0.25, 0.3) is 0 Å². The molecule has 2 rings (SSSR count). The molecular weight excluding hydrogens is 142 g/mol. The molecule has 3 heteroatoms. The highest BCUT2D eigenvalue weighted by Gasteiger charge is 2.43. The van der Waals surface area contributed by atoms with Crippen molar-refractivity contribution < 1.29 is 9.53 Å². The molecule has 0 aromatic heterocycles. The van der Waals surface area contributed by atoms with Crippen LogP contribution in [0.2, 0.25) is 0 Å². The Bertz CT molecular complexity index is 181. The molecule has 2 bridgehead atoms. The zero-order chi connectivity index (χ0) is 7.84. The summed E-state index contributed by atoms with van der Waals surface area (Å²) in [7, 11) is 1.47. The minimum atomic E-state index is -0.0148. The van der Waals surface area contributed by atoms with Gasteiger partial charge in [-0.1, -0.05) is 0 Å². The number of hydrogen-bond donors (Lipinski definition) is 1. The van der Waals surface area contributed by atoms with Gasteiger partial charge in [-0.15, -0.1) is 0 Å². The molecule has 1 N–H and O–H groups in total. The van der Waals surface area contributed by atoms with Gasteiger partial charge in [0.1, 0.15) is 0 Å². The second kappa shape index (κ2) is 2.48. The van der Waals surface area contributed by atoms with Gasteiger partial charge in [-0.05, 0) is 25.3 Å². The predicted octanol–water partition coefficient (Wildman–Crippen LogP) is 0.157. The summed E-state index contributed by atoms with van der Waals surface area (Å²) in [6, 6.07) is 0.587. The fraction of sp³-hybridized carbons (Fsp3) is 0.875. The molecule has 2 aliphatic rings. The van der Waals surface area contributed by atoms with Gasteiger partial charge in [-0.2, -0.15) is 0 Å². The molecule has 3 atom stereocenters. The molecule has 0 unspecified atom stereocenters. The number of methoxy groups -OCH3 is 1. The molecule has 0 radical (unpaired) electrons. The minimum absolute atomic E-state index is 0.0148. The molecule has 62 valence electrons. The highest BCUT2D eigenvalue weighted by Crippen LogP contribution is 2.36. The minimum Gasteiger partial charge on any atom is -0.469 e. The van der Waals surface area contributed by atoms with E-state index in [9.17, 15) is 4.79 Å². The number of fused-ring (bicyclic) bond motifs is 2. The Morgan fingerprint density at radius 2 is 2.36 bits per heavy atom. The predicted molar refractivity (Wildman–Crippen MR) is 40.0 cm³/mol. The van der Waals surface area contributed by atoms with Crippen LogP contribution < -0.4 is 5.32 Å². The summed E-state index contributed by atoms with van der Waals surface area (Å²) in [6.07, 6.45) is 2.15. The van der Waals surface area contributed by atoms with Crippen LogP contribution in [0.1, 0.15) is 12.8 Å². The van der Waals surface area contributed by atoms with E-state index in [1.807, 2.05) is 0 Å². The maximum Gasteiger partial charge on any atom is 0.309 e. The summed E-state index contributed by atoms with van der Waals surface area (Å²) in [5, 5.41) is 3.36. The number of piperidine rings is 1. The Morgan fingerprint density at radius 1 is 1.55 bits per heavy atom. The Balaban J connectivity index is 2.02. The second-order valence-corrected chi connectivity index (χ2v) is 3.47. The third kappa shape index (κ3) is 1.03. The zero-order valence-corrected chi connectivity index (χ0v) is 6.67. The summed E-state index contributed by atoms with van der Waals surface area (Å²) in [5.41, 5.74) is 0. The fourth-order valence-corrected chi connectivity index (χ4v) is 2.28. The van der Waals surface area contributed by atoms with E-state index < -0.39 is 0 Å². The van der Waals surface area contributed by atoms with Crippen LogP contribution in [0.15, 0.2) is 0 Å². The third-order valence-corrected chi connectivity index (χ3v) is 2.87. The average molecular weight is 155 g/mol. The highest BCUT2D eigenvalue weighted by atomic mass is 16.5. The van der Waals surface area contributed by atoms with Crippen molar-refractivity contribution >= 4 is 5.97 Å². The first kappa shape index (κ1) is 7.10. The molecule has 1 saturated carbocycles. The molecule has 1 heterocycles. The average Bonchev–Trinajstić information content (AvgIpc) is 2.62. The van der Waals surface area contributed by atoms with E-state index >= 15 is 0 Å². The molecule has 3 nitrogen and oxygen atoms in total. The number of hydrogen-bond acceptors (Lipinski definition) is 3. The van der Waals surface area contributed by atoms with E-state index in [2.05, 4.69) is 5.32 Å². The van der Waals surface area contributed by atoms with Gasteiger partial charge in [0.25, 0.3) is 0 Å². The van der Waals surface area contributed by atoms with Crippen LogP contribution in [0, 0.1) is 11.8 Å². The smallest absolute Gasteiger partial charge is 0.309 e. The van der Waals surface area contributed by atoms with Crippen molar-refractivity contribution in [1.82, 2.24) is 5.32 Å². The number of carbonyl (C=O) groups is 1. The lowest BCUT2D eigenvalue weighted by Crippen LogP contribution is -2.33. The molecule has 1 aliphatic carbocycles. The molecule has 1 saturated heterocycles. The molecule has 0 spiro atoms. The Labute approximate surface area is 66.1 Å². The number of carbonyl (C=O) groups excluding carboxylic acids is 1. The molecule has 0 amide bonds. The summed E-state index contributed by atoms with van der Waals surface area (Å²) in [6.45, 7) is 1.00. The normalized spacial score (nSPS) is 41.0. The standard InChI is InChI=1S/C8H13NO2/c1-11-8(10)7-3-6-2-5(7)4-9-6/h5-7,9H,2-4H2,1H3/t5-,6-,7-/m0/s1. The fourth-order valence-electron chi connectivity index (χ4n) is 2.28. The number of nitrogens with one attached hydrogen (secondary N) is 1. The van der Waals surface area contributed by atoms with Gasteiger partial charge in [0.05, 0.1) is 13.0 Å². The largest absolute Gasteiger partial charge is 0.469 e. The van der Waals surface area contributed by atoms with E-state index in [0.29, 0.717) is 12.0 Å². The van der Waals surface area contributed by atoms with E-state index in [1.165, 1.54) is 13.5 Å². The van der Waals surface area contributed by atoms with Gasteiger partial charge in [0.2, 0.25) is 0 Å². The first-order valence-corrected chi connectivity index (χ1v) is 4.12. The van der Waals surface area contributed by atoms with Gasteiger partial charge < -0.3 is 10.1 Å². The summed E-state index contributed by atoms with van der Waals surface area (Å²) >= 11 is 0. The first-order valence-electron chi connectivity index (χ1n) is 4.12. The molecule has 0 aromatic rings. The van der Waals surface area contributed by atoms with Gasteiger partial charge >= 0.3 is 5.97 Å². The monoisotopic (exact) mass is 155 g/mol. The Kier molecular flexibility index (Phi) is 1.60. The van der Waals surface area contributed by atoms with Crippen LogP contribution in [-0.2, 0) is 9.53 Å². The van der Waals surface area contributed by atoms with E-state index in [-0.39, 0.29) is 11.9 Å². The lowest BCUT2D eigenvalue weighted by Gasteiger charge is -2.19. The van der Waals surface area contributed by atoms with Crippen molar-refractivity contribution in [2.45, 2.75) is 18.9 Å². The van der Waals surface area contributed by atoms with Crippen LogP contribution in [-0.4, -0.2) is 25.7 Å². The van der Waals surface area contributed by atoms with Crippen molar-refractivity contribution in [1.29, 1.82) is 0 Å². The van der Waals surface area contributed by atoms with Gasteiger partial charge in [0, 0.05) is 6.04 Å². The SMILES string of the molecule is COC(=O)[C@H]1C[C@@H]2C[C@H]1CN2. The number of esters is 1. The van der Waals surface area contributed by atoms with Crippen molar-refractivity contribution in [2.75, 3.05) is 13.7 Å². The number of rotatable bonds is 1. The van der Waals surface area contributed by atoms with Crippen molar-refractivity contribution in [2.24, 2.45) is 11.8 Å². The number of ether oxygens (including phenoxy) is 1. The third-order valence-electron chi connectivity index (χ3n) is 2.87. The molecule has 11 heavy (non-hydrogen) atoms. The summed E-state index contributed by atoms with van der Waals surface area (Å²) < 4.78 is 4.72. The molecule has 1 aliphatic heterocycles. The first-order chi connectivity index (χ1) is 5.31. The Hall–Kier alpha value is -0.570. The van der Waals surface area contributed by atoms with E-state index in [0.717, 1.165) is 13.0 Å². The van der Waals surface area contributed by atoms with Crippen molar-refractivity contribution in [3.05, 3.63) is 0 Å². The summed E-state index contributed by atoms with van der Waals surface area (Å²) in [4.78, 5) is 11.2. The van der Waals surface area contributed by atoms with Gasteiger partial charge in [-0.25, -0.2) is 0 Å². The zero-order valence-electron chi connectivity index (χ0n) is 6.67. The van der Waals surface area contributed by atoms with Crippen LogP contribution in [0.4, 0.5) is 0 Å². The highest BCUT2D eigenvalue weighted by molar-refractivity contribution is 5.73. The van der Waals surface area contributed by atoms with Crippen molar-refractivity contribution in [3.63, 3.8) is 0 Å². The van der Waals surface area contributed by atoms with Gasteiger partial charge in [-0.3, -0.25) is 4.79 Å². The maximum atomic E-state index is 11.2. The lowest BCUT2D eigenvalue weighted by molar-refractivity contribution is -0.146. The van der Waals surface area contributed by atoms with E-state index in [4.69, 9.17) is 4.74 Å². The van der Waals surface area contributed by atoms with Crippen LogP contribution in [0.3, 0.4) is 0 Å². The topological polar surface area (TPSA) is 38.3 Å². The second-order valence-electron chi connectivity index (χ2n) is 3.47. The lowest BCUT2D eigenvalue weighted by atomic mass is 9.96. The van der Waals surface area contributed by atoms with Gasteiger partial charge in [0.15, 0.2) is 0 Å². The maximum absolute atomic E-state index is 11.2. The van der Waals surface area contributed by atoms with Crippen molar-refractivity contribution in [3.8, 4) is 0 Å².